The van der Waals surface area contributed by atoms with Crippen LogP contribution in [-0.2, 0) is 4.79 Å². The molecular formula is C14H11ClN2OS2. The first-order valence-corrected chi connectivity index (χ1v) is 7.40. The van der Waals surface area contributed by atoms with Crippen LogP contribution in [0.25, 0.3) is 6.08 Å². The molecule has 0 saturated heterocycles. The molecule has 1 heterocycles. The molecule has 2 N–H and O–H groups in total. The van der Waals surface area contributed by atoms with Crippen molar-refractivity contribution in [3.8, 4) is 0 Å². The molecule has 102 valence electrons. The average molecular weight is 323 g/mol. The highest BCUT2D eigenvalue weighted by molar-refractivity contribution is 7.80. The quantitative estimate of drug-likeness (QED) is 0.664. The minimum absolute atomic E-state index is 0.207. The molecule has 1 amide bonds. The van der Waals surface area contributed by atoms with Gasteiger partial charge in [-0.1, -0.05) is 29.8 Å². The molecule has 0 bridgehead atoms. The molecule has 2 rings (SSSR count). The standard InChI is InChI=1S/C14H11ClN2OS2/c15-11-5-1-2-6-12(11)16-14(19)17-13(18)8-7-10-4-3-9-20-10/h1-9H,(H2,16,17,18,19)/b8-7+. The van der Waals surface area contributed by atoms with E-state index in [9.17, 15) is 4.79 Å². The van der Waals surface area contributed by atoms with E-state index in [0.29, 0.717) is 10.7 Å². The maximum absolute atomic E-state index is 11.7. The molecule has 0 spiro atoms. The van der Waals surface area contributed by atoms with Crippen LogP contribution in [0.5, 0.6) is 0 Å². The highest BCUT2D eigenvalue weighted by Gasteiger charge is 2.04. The Kier molecular flexibility index (Phi) is 5.29. The number of carbonyl (C=O) groups excluding carboxylic acids is 1. The van der Waals surface area contributed by atoms with E-state index in [0.717, 1.165) is 4.88 Å². The number of amides is 1. The van der Waals surface area contributed by atoms with Gasteiger partial charge < -0.3 is 5.32 Å². The monoisotopic (exact) mass is 322 g/mol. The summed E-state index contributed by atoms with van der Waals surface area (Å²) in [7, 11) is 0. The first-order valence-electron chi connectivity index (χ1n) is 5.73. The van der Waals surface area contributed by atoms with Crippen LogP contribution < -0.4 is 10.6 Å². The Bertz CT molecular complexity index is 638. The van der Waals surface area contributed by atoms with Crippen LogP contribution in [-0.4, -0.2) is 11.0 Å². The number of hydrogen-bond acceptors (Lipinski definition) is 3. The lowest BCUT2D eigenvalue weighted by Gasteiger charge is -2.09. The molecular weight excluding hydrogens is 312 g/mol. The zero-order chi connectivity index (χ0) is 14.4. The summed E-state index contributed by atoms with van der Waals surface area (Å²) in [5, 5.41) is 8.12. The fourth-order valence-electron chi connectivity index (χ4n) is 1.41. The van der Waals surface area contributed by atoms with Gasteiger partial charge in [0, 0.05) is 11.0 Å². The van der Waals surface area contributed by atoms with Gasteiger partial charge in [-0.05, 0) is 41.9 Å². The molecule has 0 fully saturated rings. The molecule has 1 aromatic heterocycles. The number of benzene rings is 1. The molecule has 20 heavy (non-hydrogen) atoms. The van der Waals surface area contributed by atoms with Gasteiger partial charge in [0.1, 0.15) is 0 Å². The van der Waals surface area contributed by atoms with Gasteiger partial charge in [-0.25, -0.2) is 0 Å². The van der Waals surface area contributed by atoms with Crippen molar-refractivity contribution in [1.29, 1.82) is 0 Å². The first-order chi connectivity index (χ1) is 9.65. The topological polar surface area (TPSA) is 41.1 Å². The number of halogens is 1. The number of anilines is 1. The summed E-state index contributed by atoms with van der Waals surface area (Å²) < 4.78 is 0. The van der Waals surface area contributed by atoms with Crippen LogP contribution in [0.2, 0.25) is 5.02 Å². The summed E-state index contributed by atoms with van der Waals surface area (Å²) in [6.45, 7) is 0. The van der Waals surface area contributed by atoms with Crippen LogP contribution in [0.3, 0.4) is 0 Å². The zero-order valence-corrected chi connectivity index (χ0v) is 12.7. The second kappa shape index (κ2) is 7.19. The van der Waals surface area contributed by atoms with E-state index < -0.39 is 0 Å². The second-order valence-electron chi connectivity index (χ2n) is 3.77. The molecule has 0 aliphatic rings. The molecule has 2 aromatic rings. The van der Waals surface area contributed by atoms with Gasteiger partial charge in [-0.15, -0.1) is 11.3 Å². The third-order valence-corrected chi connectivity index (χ3v) is 3.67. The van der Waals surface area contributed by atoms with Gasteiger partial charge in [0.2, 0.25) is 5.91 Å². The average Bonchev–Trinajstić information content (AvgIpc) is 2.92. The predicted octanol–water partition coefficient (Wildman–Crippen LogP) is 3.93. The van der Waals surface area contributed by atoms with Gasteiger partial charge >= 0.3 is 0 Å². The van der Waals surface area contributed by atoms with E-state index in [1.54, 1.807) is 29.5 Å². The lowest BCUT2D eigenvalue weighted by atomic mass is 10.3. The normalized spacial score (nSPS) is 10.4. The number of para-hydroxylation sites is 1. The molecule has 0 unspecified atom stereocenters. The molecule has 0 saturated carbocycles. The number of thiophene rings is 1. The van der Waals surface area contributed by atoms with Crippen molar-refractivity contribution in [1.82, 2.24) is 5.32 Å². The maximum atomic E-state index is 11.7. The lowest BCUT2D eigenvalue weighted by Crippen LogP contribution is -2.32. The fraction of sp³-hybridized carbons (Fsp3) is 0. The van der Waals surface area contributed by atoms with Crippen molar-refractivity contribution < 1.29 is 4.79 Å². The number of carbonyl (C=O) groups is 1. The number of thiocarbonyl (C=S) groups is 1. The van der Waals surface area contributed by atoms with Crippen molar-refractivity contribution in [3.63, 3.8) is 0 Å². The van der Waals surface area contributed by atoms with Gasteiger partial charge in [-0.3, -0.25) is 10.1 Å². The van der Waals surface area contributed by atoms with Crippen molar-refractivity contribution in [3.05, 3.63) is 57.8 Å². The number of hydrogen-bond donors (Lipinski definition) is 2. The number of nitrogens with one attached hydrogen (secondary N) is 2. The van der Waals surface area contributed by atoms with Crippen LogP contribution in [0, 0.1) is 0 Å². The molecule has 6 heteroatoms. The van der Waals surface area contributed by atoms with E-state index in [1.807, 2.05) is 29.6 Å². The minimum atomic E-state index is -0.289. The lowest BCUT2D eigenvalue weighted by molar-refractivity contribution is -0.115. The maximum Gasteiger partial charge on any atom is 0.250 e. The van der Waals surface area contributed by atoms with E-state index in [2.05, 4.69) is 10.6 Å². The van der Waals surface area contributed by atoms with Crippen molar-refractivity contribution in [2.45, 2.75) is 0 Å². The van der Waals surface area contributed by atoms with Gasteiger partial charge in [0.15, 0.2) is 5.11 Å². The zero-order valence-electron chi connectivity index (χ0n) is 10.3. The Morgan fingerprint density at radius 1 is 1.25 bits per heavy atom. The Hall–Kier alpha value is -1.69. The van der Waals surface area contributed by atoms with Gasteiger partial charge in [0.25, 0.3) is 0 Å². The minimum Gasteiger partial charge on any atom is -0.331 e. The molecule has 3 nitrogen and oxygen atoms in total. The van der Waals surface area contributed by atoms with Gasteiger partial charge in [-0.2, -0.15) is 0 Å². The number of rotatable bonds is 3. The highest BCUT2D eigenvalue weighted by atomic mass is 35.5. The molecule has 0 aliphatic heterocycles. The van der Waals surface area contributed by atoms with E-state index in [4.69, 9.17) is 23.8 Å². The van der Waals surface area contributed by atoms with Crippen LogP contribution >= 0.6 is 35.2 Å². The Balaban J connectivity index is 1.88. The van der Waals surface area contributed by atoms with Gasteiger partial charge in [0.05, 0.1) is 10.7 Å². The smallest absolute Gasteiger partial charge is 0.250 e. The summed E-state index contributed by atoms with van der Waals surface area (Å²) in [4.78, 5) is 12.7. The summed E-state index contributed by atoms with van der Waals surface area (Å²) in [6.07, 6.45) is 3.17. The first kappa shape index (κ1) is 14.7. The van der Waals surface area contributed by atoms with Crippen molar-refractivity contribution in [2.24, 2.45) is 0 Å². The van der Waals surface area contributed by atoms with Crippen LogP contribution in [0.1, 0.15) is 4.88 Å². The van der Waals surface area contributed by atoms with E-state index in [1.165, 1.54) is 6.08 Å². The third-order valence-electron chi connectivity index (χ3n) is 2.30. The predicted molar refractivity (Wildman–Crippen MR) is 89.2 cm³/mol. The molecule has 0 aliphatic carbocycles. The summed E-state index contributed by atoms with van der Waals surface area (Å²) >= 11 is 12.6. The largest absolute Gasteiger partial charge is 0.331 e. The van der Waals surface area contributed by atoms with E-state index >= 15 is 0 Å². The SMILES string of the molecule is O=C(/C=C/c1cccs1)NC(=S)Nc1ccccc1Cl. The van der Waals surface area contributed by atoms with Crippen LogP contribution in [0.15, 0.2) is 47.9 Å². The summed E-state index contributed by atoms with van der Waals surface area (Å²) in [5.41, 5.74) is 0.654. The second-order valence-corrected chi connectivity index (χ2v) is 5.57. The van der Waals surface area contributed by atoms with E-state index in [-0.39, 0.29) is 11.0 Å². The summed E-state index contributed by atoms with van der Waals surface area (Å²) in [5.74, 6) is -0.289. The highest BCUT2D eigenvalue weighted by Crippen LogP contribution is 2.20. The van der Waals surface area contributed by atoms with Crippen molar-refractivity contribution >= 4 is 57.9 Å². The van der Waals surface area contributed by atoms with Crippen LogP contribution in [0.4, 0.5) is 5.69 Å². The summed E-state index contributed by atoms with van der Waals surface area (Å²) in [6, 6.07) is 11.0. The Labute approximate surface area is 131 Å². The molecule has 1 aromatic carbocycles. The Morgan fingerprint density at radius 3 is 2.75 bits per heavy atom. The molecule has 0 radical (unpaired) electrons. The Morgan fingerprint density at radius 2 is 2.05 bits per heavy atom. The van der Waals surface area contributed by atoms with Crippen molar-refractivity contribution in [2.75, 3.05) is 5.32 Å². The fourth-order valence-corrected chi connectivity index (χ4v) is 2.43. The third kappa shape index (κ3) is 4.45. The molecule has 0 atom stereocenters.